The van der Waals surface area contributed by atoms with Gasteiger partial charge in [-0.15, -0.1) is 0 Å². The SMILES string of the molecule is CC1(C)OB(c2ccc(N)cc2)OC1(C)C.CCOc1nc(N)nc2ccc(-c3ccc(N)cc3)nc12.CCOc1nc(N)nc2ccc(-c3ccc(NS(=O)(=O)CC)cc3)nc12.CCOc1nc(N)nc2ccc(Cl)nc12.CCS(=O)(=O)Cl. The fourth-order valence-electron chi connectivity index (χ4n) is 7.27. The standard InChI is InChI=1S/C17H19N5O3S.C15H15N5O.C12H18BNO2.C9H9ClN4O.C2H5ClO2S/c1-3-25-16-15-14(20-17(18)21-16)10-9-13(19-15)11-5-7-12(8-6-11)22-26(23,24)4-2;1-2-21-14-13-12(19-15(17)20-14)8-7-11(18-13)9-3-5-10(16)6-4-9;1-11(2)12(3,4)16-13(15-11)9-5-7-10(14)8-6-9;1-2-15-8-7-5(12-9(11)14-8)3-4-6(10)13-7;1-2-6(3,4)5/h5-10,22H,3-4H2,1-2H3,(H2,18,20,21);3-8H,2,16H2,1H3,(H2,17,19,20);5-8H,14H2,1-4H3;3-4H,2H2,1H3,(H2,11,12,14);2H2,1H3. The molecule has 0 saturated carbocycles. The highest BCUT2D eigenvalue weighted by molar-refractivity contribution is 8.13. The van der Waals surface area contributed by atoms with Crippen molar-refractivity contribution >= 4 is 122 Å². The Hall–Kier alpha value is -8.21. The average Bonchev–Trinajstić information content (AvgIpc) is 3.31. The summed E-state index contributed by atoms with van der Waals surface area (Å²) in [4.78, 5) is 37.8. The summed E-state index contributed by atoms with van der Waals surface area (Å²) in [5.74, 6) is 1.59. The minimum atomic E-state index is -3.31. The molecule has 0 unspecified atom stereocenters. The fourth-order valence-corrected chi connectivity index (χ4v) is 8.06. The minimum absolute atomic E-state index is 0.00849. The highest BCUT2D eigenvalue weighted by Crippen LogP contribution is 2.37. The number of nitrogen functional groups attached to an aromatic ring is 5. The van der Waals surface area contributed by atoms with E-state index < -0.39 is 19.1 Å². The Balaban J connectivity index is 0.000000177. The van der Waals surface area contributed by atoms with Crippen LogP contribution in [0.25, 0.3) is 55.6 Å². The Kier molecular flexibility index (Phi) is 21.9. The predicted molar refractivity (Wildman–Crippen MR) is 334 cm³/mol. The van der Waals surface area contributed by atoms with Gasteiger partial charge in [-0.25, -0.2) is 46.7 Å². The van der Waals surface area contributed by atoms with Crippen molar-refractivity contribution in [2.24, 2.45) is 0 Å². The number of hydrogen-bond acceptors (Lipinski definition) is 23. The van der Waals surface area contributed by atoms with Crippen molar-refractivity contribution in [2.45, 2.75) is 73.5 Å². The van der Waals surface area contributed by atoms with Crippen LogP contribution in [0.2, 0.25) is 5.15 Å². The van der Waals surface area contributed by atoms with Gasteiger partial charge >= 0.3 is 7.12 Å². The summed E-state index contributed by atoms with van der Waals surface area (Å²) in [6.07, 6.45) is 0. The van der Waals surface area contributed by atoms with Crippen LogP contribution in [0.5, 0.6) is 17.6 Å². The Bertz CT molecular complexity index is 3920. The normalized spacial score (nSPS) is 13.2. The second-order valence-electron chi connectivity index (χ2n) is 18.9. The Labute approximate surface area is 497 Å². The number of benzene rings is 3. The average molecular weight is 1230 g/mol. The third-order valence-electron chi connectivity index (χ3n) is 12.2. The highest BCUT2D eigenvalue weighted by atomic mass is 35.7. The summed E-state index contributed by atoms with van der Waals surface area (Å²) in [6.45, 7) is 18.3. The number of anilines is 6. The molecule has 24 nitrogen and oxygen atoms in total. The summed E-state index contributed by atoms with van der Waals surface area (Å²) >= 11 is 5.78. The molecule has 3 aromatic carbocycles. The quantitative estimate of drug-likeness (QED) is 0.0272. The first-order valence-corrected chi connectivity index (χ1v) is 30.6. The van der Waals surface area contributed by atoms with Crippen molar-refractivity contribution in [3.63, 3.8) is 0 Å². The van der Waals surface area contributed by atoms with Crippen molar-refractivity contribution in [3.8, 4) is 40.2 Å². The predicted octanol–water partition coefficient (Wildman–Crippen LogP) is 8.49. The summed E-state index contributed by atoms with van der Waals surface area (Å²) in [5, 5.41) is 0.372. The number of hydrogen-bond donors (Lipinski definition) is 6. The lowest BCUT2D eigenvalue weighted by Gasteiger charge is -2.32. The summed E-state index contributed by atoms with van der Waals surface area (Å²) in [7, 11) is -2.11. The summed E-state index contributed by atoms with van der Waals surface area (Å²) in [5.41, 5.74) is 37.4. The van der Waals surface area contributed by atoms with E-state index in [0.717, 1.165) is 28.0 Å². The smallest absolute Gasteiger partial charge is 0.476 e. The van der Waals surface area contributed by atoms with E-state index in [4.69, 9.17) is 63.8 Å². The maximum Gasteiger partial charge on any atom is 0.494 e. The number of ether oxygens (including phenoxy) is 3. The molecule has 7 heterocycles. The van der Waals surface area contributed by atoms with E-state index in [1.165, 1.54) is 6.92 Å². The van der Waals surface area contributed by atoms with Crippen LogP contribution in [0.3, 0.4) is 0 Å². The van der Waals surface area contributed by atoms with Crippen LogP contribution in [0.1, 0.15) is 62.3 Å². The van der Waals surface area contributed by atoms with Crippen molar-refractivity contribution in [1.82, 2.24) is 44.9 Å². The maximum atomic E-state index is 11.6. The van der Waals surface area contributed by atoms with Crippen LogP contribution in [0.15, 0.2) is 109 Å². The molecule has 84 heavy (non-hydrogen) atoms. The van der Waals surface area contributed by atoms with Gasteiger partial charge in [0.05, 0.1) is 70.5 Å². The molecule has 0 atom stereocenters. The summed E-state index contributed by atoms with van der Waals surface area (Å²) < 4.78 is 73.5. The van der Waals surface area contributed by atoms with Gasteiger partial charge in [-0.2, -0.15) is 15.0 Å². The van der Waals surface area contributed by atoms with E-state index in [2.05, 4.69) is 60.3 Å². The zero-order chi connectivity index (χ0) is 61.6. The number of fused-ring (bicyclic) bond motifs is 3. The van der Waals surface area contributed by atoms with Gasteiger partial charge in [0.1, 0.15) is 5.15 Å². The molecule has 444 valence electrons. The third kappa shape index (κ3) is 17.9. The molecule has 6 aromatic heterocycles. The lowest BCUT2D eigenvalue weighted by molar-refractivity contribution is 0.00578. The molecule has 10 rings (SSSR count). The van der Waals surface area contributed by atoms with Gasteiger partial charge in [-0.1, -0.05) is 54.9 Å². The molecule has 0 aliphatic carbocycles. The number of nitrogens with two attached hydrogens (primary N) is 5. The molecule has 1 aliphatic rings. The van der Waals surface area contributed by atoms with E-state index in [0.29, 0.717) is 92.8 Å². The molecular weight excluding hydrogens is 1160 g/mol. The first-order chi connectivity index (χ1) is 39.7. The van der Waals surface area contributed by atoms with E-state index >= 15 is 0 Å². The molecule has 1 fully saturated rings. The van der Waals surface area contributed by atoms with Gasteiger partial charge in [-0.3, -0.25) is 4.72 Å². The van der Waals surface area contributed by atoms with Crippen LogP contribution in [-0.4, -0.2) is 111 Å². The molecule has 0 radical (unpaired) electrons. The van der Waals surface area contributed by atoms with Crippen LogP contribution in [-0.2, 0) is 28.4 Å². The number of nitrogens with one attached hydrogen (secondary N) is 1. The van der Waals surface area contributed by atoms with E-state index in [9.17, 15) is 16.8 Å². The topological polar surface area (TPSA) is 373 Å². The molecule has 29 heteroatoms. The van der Waals surface area contributed by atoms with Crippen molar-refractivity contribution in [2.75, 3.05) is 64.7 Å². The summed E-state index contributed by atoms with van der Waals surface area (Å²) in [6, 6.07) is 32.8. The molecule has 0 bridgehead atoms. The van der Waals surface area contributed by atoms with Crippen LogP contribution in [0.4, 0.5) is 34.9 Å². The second-order valence-corrected chi connectivity index (χ2v) is 24.3. The lowest BCUT2D eigenvalue weighted by Crippen LogP contribution is -2.41. The van der Waals surface area contributed by atoms with Crippen LogP contribution in [0, 0.1) is 0 Å². The van der Waals surface area contributed by atoms with Gasteiger partial charge in [0.2, 0.25) is 54.6 Å². The van der Waals surface area contributed by atoms with E-state index in [1.807, 2.05) is 115 Å². The first kappa shape index (κ1) is 65.0. The van der Waals surface area contributed by atoms with Gasteiger partial charge in [0.25, 0.3) is 0 Å². The van der Waals surface area contributed by atoms with Crippen LogP contribution < -0.4 is 53.1 Å². The zero-order valence-corrected chi connectivity index (χ0v) is 50.8. The van der Waals surface area contributed by atoms with Gasteiger partial charge < -0.3 is 52.2 Å². The lowest BCUT2D eigenvalue weighted by atomic mass is 9.79. The van der Waals surface area contributed by atoms with Gasteiger partial charge in [0.15, 0.2) is 16.6 Å². The number of aromatic nitrogens is 9. The van der Waals surface area contributed by atoms with Gasteiger partial charge in [0, 0.05) is 38.9 Å². The molecule has 1 aliphatic heterocycles. The molecule has 1 saturated heterocycles. The molecular formula is C55H66BCl2N15O9S2. The molecule has 9 aromatic rings. The van der Waals surface area contributed by atoms with Crippen molar-refractivity contribution in [3.05, 3.63) is 114 Å². The van der Waals surface area contributed by atoms with Crippen molar-refractivity contribution < 1.29 is 40.4 Å². The Morgan fingerprint density at radius 3 is 1.21 bits per heavy atom. The number of rotatable bonds is 13. The number of halogens is 2. The molecule has 0 amide bonds. The third-order valence-corrected chi connectivity index (χ3v) is 15.1. The van der Waals surface area contributed by atoms with Gasteiger partial charge in [-0.05, 0) is 134 Å². The number of pyridine rings is 3. The van der Waals surface area contributed by atoms with E-state index in [1.54, 1.807) is 49.4 Å². The van der Waals surface area contributed by atoms with E-state index in [-0.39, 0.29) is 47.7 Å². The largest absolute Gasteiger partial charge is 0.494 e. The first-order valence-electron chi connectivity index (χ1n) is 26.1. The maximum absolute atomic E-state index is 11.6. The number of sulfonamides is 1. The molecule has 11 N–H and O–H groups in total. The number of nitrogens with zero attached hydrogens (tertiary/aromatic N) is 9. The van der Waals surface area contributed by atoms with Crippen LogP contribution >= 0.6 is 22.3 Å². The Morgan fingerprint density at radius 1 is 0.488 bits per heavy atom. The van der Waals surface area contributed by atoms with Crippen molar-refractivity contribution in [1.29, 1.82) is 0 Å². The Morgan fingerprint density at radius 2 is 0.845 bits per heavy atom. The zero-order valence-electron chi connectivity index (χ0n) is 47.7. The minimum Gasteiger partial charge on any atom is -0.476 e. The second kappa shape index (κ2) is 28.4. The molecule has 0 spiro atoms. The monoisotopic (exact) mass is 1230 g/mol. The fraction of sp³-hybridized carbons (Fsp3) is 0.291. The highest BCUT2D eigenvalue weighted by Gasteiger charge is 2.51.